The second kappa shape index (κ2) is 4.87. The highest BCUT2D eigenvalue weighted by Crippen LogP contribution is 2.20. The lowest BCUT2D eigenvalue weighted by Crippen LogP contribution is -2.37. The number of carbonyl (C=O) groups excluding carboxylic acids is 2. The molecule has 0 saturated carbocycles. The molecule has 0 spiro atoms. The molecule has 0 aromatic heterocycles. The average molecular weight is 297 g/mol. The van der Waals surface area contributed by atoms with Crippen molar-refractivity contribution in [3.63, 3.8) is 0 Å². The fraction of sp³-hybridized carbons (Fsp3) is 0.333. The fourth-order valence-electron chi connectivity index (χ4n) is 1.76. The highest BCUT2D eigenvalue weighted by Gasteiger charge is 2.27. The summed E-state index contributed by atoms with van der Waals surface area (Å²) in [5.74, 6) is -0.213. The first kappa shape index (κ1) is 12.1. The van der Waals surface area contributed by atoms with Crippen molar-refractivity contribution in [1.29, 1.82) is 0 Å². The Hall–Kier alpha value is -1.36. The summed E-state index contributed by atoms with van der Waals surface area (Å²) in [7, 11) is 0. The van der Waals surface area contributed by atoms with Crippen molar-refractivity contribution in [2.75, 3.05) is 5.32 Å². The number of amides is 2. The second-order valence-corrected chi connectivity index (χ2v) is 4.97. The van der Waals surface area contributed by atoms with Gasteiger partial charge in [-0.25, -0.2) is 0 Å². The monoisotopic (exact) mass is 296 g/mol. The average Bonchev–Trinajstić information content (AvgIpc) is 2.70. The minimum atomic E-state index is -0.397. The van der Waals surface area contributed by atoms with E-state index in [1.807, 2.05) is 25.1 Å². The zero-order valence-corrected chi connectivity index (χ0v) is 11.0. The number of carbonyl (C=O) groups is 2. The van der Waals surface area contributed by atoms with E-state index in [9.17, 15) is 9.59 Å². The van der Waals surface area contributed by atoms with Crippen molar-refractivity contribution < 1.29 is 9.59 Å². The Morgan fingerprint density at radius 2 is 2.29 bits per heavy atom. The SMILES string of the molecule is Cc1cc(NC(=O)C2CCC(=O)N2)ccc1Br. The Bertz CT molecular complexity index is 474. The molecule has 0 aliphatic carbocycles. The second-order valence-electron chi connectivity index (χ2n) is 4.11. The van der Waals surface area contributed by atoms with Gasteiger partial charge in [-0.3, -0.25) is 9.59 Å². The van der Waals surface area contributed by atoms with Crippen molar-refractivity contribution in [1.82, 2.24) is 5.32 Å². The van der Waals surface area contributed by atoms with Gasteiger partial charge in [0.05, 0.1) is 0 Å². The molecule has 4 nitrogen and oxygen atoms in total. The topological polar surface area (TPSA) is 58.2 Å². The number of benzene rings is 1. The van der Waals surface area contributed by atoms with Gasteiger partial charge in [-0.05, 0) is 37.1 Å². The van der Waals surface area contributed by atoms with Gasteiger partial charge < -0.3 is 10.6 Å². The molecule has 17 heavy (non-hydrogen) atoms. The van der Waals surface area contributed by atoms with Gasteiger partial charge in [0.25, 0.3) is 0 Å². The van der Waals surface area contributed by atoms with Gasteiger partial charge in [0.2, 0.25) is 11.8 Å². The van der Waals surface area contributed by atoms with Crippen LogP contribution in [0.1, 0.15) is 18.4 Å². The normalized spacial score (nSPS) is 18.9. The maximum absolute atomic E-state index is 11.8. The van der Waals surface area contributed by atoms with Gasteiger partial charge in [0, 0.05) is 16.6 Å². The summed E-state index contributed by atoms with van der Waals surface area (Å²) in [5, 5.41) is 5.44. The Labute approximate surface area is 108 Å². The molecule has 2 amide bonds. The molecule has 0 bridgehead atoms. The molecule has 2 rings (SSSR count). The third kappa shape index (κ3) is 2.85. The molecule has 0 radical (unpaired) electrons. The molecule has 1 saturated heterocycles. The highest BCUT2D eigenvalue weighted by atomic mass is 79.9. The molecule has 2 N–H and O–H groups in total. The summed E-state index contributed by atoms with van der Waals surface area (Å²) < 4.78 is 1.00. The van der Waals surface area contributed by atoms with E-state index in [2.05, 4.69) is 26.6 Å². The third-order valence-corrected chi connectivity index (χ3v) is 3.63. The van der Waals surface area contributed by atoms with Crippen molar-refractivity contribution in [3.05, 3.63) is 28.2 Å². The molecule has 1 fully saturated rings. The maximum Gasteiger partial charge on any atom is 0.246 e. The van der Waals surface area contributed by atoms with Crippen LogP contribution in [0, 0.1) is 6.92 Å². The molecule has 5 heteroatoms. The van der Waals surface area contributed by atoms with Crippen molar-refractivity contribution in [2.24, 2.45) is 0 Å². The van der Waals surface area contributed by atoms with E-state index in [0.29, 0.717) is 12.8 Å². The number of rotatable bonds is 2. The predicted octanol–water partition coefficient (Wildman–Crippen LogP) is 1.97. The van der Waals surface area contributed by atoms with Crippen LogP contribution in [-0.4, -0.2) is 17.9 Å². The van der Waals surface area contributed by atoms with Gasteiger partial charge in [-0.15, -0.1) is 0 Å². The molecule has 1 heterocycles. The first-order valence-corrected chi connectivity index (χ1v) is 6.22. The molecule has 1 aromatic carbocycles. The summed E-state index contributed by atoms with van der Waals surface area (Å²) in [6, 6.07) is 5.20. The van der Waals surface area contributed by atoms with Crippen LogP contribution >= 0.6 is 15.9 Å². The van der Waals surface area contributed by atoms with Crippen LogP contribution in [0.2, 0.25) is 0 Å². The van der Waals surface area contributed by atoms with E-state index >= 15 is 0 Å². The molecule has 1 aromatic rings. The van der Waals surface area contributed by atoms with Crippen LogP contribution in [0.4, 0.5) is 5.69 Å². The minimum absolute atomic E-state index is 0.0582. The number of nitrogens with one attached hydrogen (secondary N) is 2. The van der Waals surface area contributed by atoms with E-state index in [1.54, 1.807) is 0 Å². The van der Waals surface area contributed by atoms with E-state index in [0.717, 1.165) is 15.7 Å². The zero-order valence-electron chi connectivity index (χ0n) is 9.42. The molecule has 1 aliphatic rings. The summed E-state index contributed by atoms with van der Waals surface area (Å²) in [5.41, 5.74) is 1.80. The predicted molar refractivity (Wildman–Crippen MR) is 68.7 cm³/mol. The quantitative estimate of drug-likeness (QED) is 0.877. The zero-order chi connectivity index (χ0) is 12.4. The van der Waals surface area contributed by atoms with Crippen LogP contribution in [0.3, 0.4) is 0 Å². The first-order valence-electron chi connectivity index (χ1n) is 5.42. The lowest BCUT2D eigenvalue weighted by molar-refractivity contribution is -0.122. The maximum atomic E-state index is 11.8. The van der Waals surface area contributed by atoms with E-state index in [-0.39, 0.29) is 11.8 Å². The Kier molecular flexibility index (Phi) is 3.47. The Balaban J connectivity index is 2.03. The third-order valence-electron chi connectivity index (χ3n) is 2.74. The largest absolute Gasteiger partial charge is 0.344 e. The molecular weight excluding hydrogens is 284 g/mol. The summed E-state index contributed by atoms with van der Waals surface area (Å²) in [6.45, 7) is 1.96. The molecule has 1 atom stereocenters. The molecule has 1 unspecified atom stereocenters. The van der Waals surface area contributed by atoms with Crippen LogP contribution in [0.15, 0.2) is 22.7 Å². The molecular formula is C12H13BrN2O2. The number of aryl methyl sites for hydroxylation is 1. The highest BCUT2D eigenvalue weighted by molar-refractivity contribution is 9.10. The number of hydrogen-bond donors (Lipinski definition) is 2. The summed E-state index contributed by atoms with van der Waals surface area (Å²) in [4.78, 5) is 22.8. The Morgan fingerprint density at radius 1 is 1.53 bits per heavy atom. The fourth-order valence-corrected chi connectivity index (χ4v) is 2.01. The molecule has 90 valence electrons. The van der Waals surface area contributed by atoms with Crippen LogP contribution in [0.5, 0.6) is 0 Å². The van der Waals surface area contributed by atoms with E-state index in [4.69, 9.17) is 0 Å². The smallest absolute Gasteiger partial charge is 0.246 e. The van der Waals surface area contributed by atoms with Crippen molar-refractivity contribution in [3.8, 4) is 0 Å². The Morgan fingerprint density at radius 3 is 2.88 bits per heavy atom. The summed E-state index contributed by atoms with van der Waals surface area (Å²) >= 11 is 3.40. The van der Waals surface area contributed by atoms with E-state index < -0.39 is 6.04 Å². The van der Waals surface area contributed by atoms with Gasteiger partial charge in [-0.2, -0.15) is 0 Å². The van der Waals surface area contributed by atoms with Gasteiger partial charge in [-0.1, -0.05) is 15.9 Å². The number of hydrogen-bond acceptors (Lipinski definition) is 2. The summed E-state index contributed by atoms with van der Waals surface area (Å²) in [6.07, 6.45) is 0.998. The number of anilines is 1. The van der Waals surface area contributed by atoms with Crippen molar-refractivity contribution in [2.45, 2.75) is 25.8 Å². The molecule has 1 aliphatic heterocycles. The van der Waals surface area contributed by atoms with Crippen LogP contribution in [-0.2, 0) is 9.59 Å². The standard InChI is InChI=1S/C12H13BrN2O2/c1-7-6-8(2-3-9(7)13)14-12(17)10-4-5-11(16)15-10/h2-3,6,10H,4-5H2,1H3,(H,14,17)(H,15,16). The first-order chi connectivity index (χ1) is 8.06. The minimum Gasteiger partial charge on any atom is -0.344 e. The van der Waals surface area contributed by atoms with Gasteiger partial charge in [0.1, 0.15) is 6.04 Å². The number of halogens is 1. The van der Waals surface area contributed by atoms with E-state index in [1.165, 1.54) is 0 Å². The van der Waals surface area contributed by atoms with Gasteiger partial charge >= 0.3 is 0 Å². The van der Waals surface area contributed by atoms with Crippen LogP contribution < -0.4 is 10.6 Å². The van der Waals surface area contributed by atoms with Gasteiger partial charge in [0.15, 0.2) is 0 Å². The van der Waals surface area contributed by atoms with Crippen molar-refractivity contribution >= 4 is 33.4 Å². The van der Waals surface area contributed by atoms with Crippen LogP contribution in [0.25, 0.3) is 0 Å². The lowest BCUT2D eigenvalue weighted by atomic mass is 10.2. The lowest BCUT2D eigenvalue weighted by Gasteiger charge is -2.11.